The van der Waals surface area contributed by atoms with Crippen LogP contribution in [0.15, 0.2) is 29.2 Å². The molecule has 2 aliphatic carbocycles. The Kier molecular flexibility index (Phi) is 2.56. The smallest absolute Gasteiger partial charge is 0.197 e. The molecule has 3 rings (SSSR count). The molecule has 0 bridgehead atoms. The van der Waals surface area contributed by atoms with Crippen LogP contribution in [0.4, 0.5) is 0 Å². The predicted molar refractivity (Wildman–Crippen MR) is 72.2 cm³/mol. The molecule has 1 aromatic carbocycles. The van der Waals surface area contributed by atoms with Gasteiger partial charge in [-0.05, 0) is 50.2 Å². The van der Waals surface area contributed by atoms with E-state index in [2.05, 4.69) is 6.07 Å². The number of nitrogens with zero attached hydrogens (tertiary/aromatic N) is 1. The maximum atomic E-state index is 12.7. The average Bonchev–Trinajstić information content (AvgIpc) is 2.26. The largest absolute Gasteiger partial charge is 0.222 e. The predicted octanol–water partition coefficient (Wildman–Crippen LogP) is 3.00. The van der Waals surface area contributed by atoms with Gasteiger partial charge in [-0.15, -0.1) is 0 Å². The fraction of sp³-hybridized carbons (Fsp3) is 0.533. The summed E-state index contributed by atoms with van der Waals surface area (Å²) in [5, 5.41) is 9.41. The van der Waals surface area contributed by atoms with Crippen LogP contribution in [-0.2, 0) is 9.84 Å². The fourth-order valence-corrected chi connectivity index (χ4v) is 5.52. The van der Waals surface area contributed by atoms with Gasteiger partial charge in [-0.1, -0.05) is 24.1 Å². The minimum absolute atomic E-state index is 0.160. The second-order valence-corrected chi connectivity index (χ2v) is 8.39. The highest BCUT2D eigenvalue weighted by atomic mass is 32.2. The number of aryl methyl sites for hydroxylation is 1. The van der Waals surface area contributed by atoms with Crippen LogP contribution in [0, 0.1) is 23.7 Å². The summed E-state index contributed by atoms with van der Waals surface area (Å²) < 4.78 is 24.2. The van der Waals surface area contributed by atoms with E-state index in [1.54, 1.807) is 24.3 Å². The normalized spacial score (nSPS) is 23.2. The van der Waals surface area contributed by atoms with Gasteiger partial charge in [0.2, 0.25) is 0 Å². The number of hydrogen-bond donors (Lipinski definition) is 0. The Labute approximate surface area is 114 Å². The lowest BCUT2D eigenvalue weighted by Crippen LogP contribution is -2.58. The molecule has 1 spiro atoms. The number of nitriles is 1. The van der Waals surface area contributed by atoms with Gasteiger partial charge >= 0.3 is 0 Å². The van der Waals surface area contributed by atoms with E-state index in [1.807, 2.05) is 6.92 Å². The summed E-state index contributed by atoms with van der Waals surface area (Å²) in [6, 6.07) is 8.92. The summed E-state index contributed by atoms with van der Waals surface area (Å²) in [5.41, 5.74) is 1.18. The van der Waals surface area contributed by atoms with Gasteiger partial charge < -0.3 is 0 Å². The van der Waals surface area contributed by atoms with Gasteiger partial charge in [0.05, 0.1) is 11.0 Å². The molecular formula is C15H17NO2S. The molecule has 0 N–H and O–H groups in total. The van der Waals surface area contributed by atoms with E-state index in [4.69, 9.17) is 0 Å². The highest BCUT2D eigenvalue weighted by Crippen LogP contribution is 2.63. The van der Waals surface area contributed by atoms with Crippen molar-refractivity contribution in [2.45, 2.75) is 48.7 Å². The van der Waals surface area contributed by atoms with Crippen molar-refractivity contribution in [3.8, 4) is 6.07 Å². The van der Waals surface area contributed by atoms with Crippen molar-refractivity contribution in [3.05, 3.63) is 29.8 Å². The highest BCUT2D eigenvalue weighted by Gasteiger charge is 2.64. The van der Waals surface area contributed by atoms with Crippen LogP contribution in [0.25, 0.3) is 0 Å². The van der Waals surface area contributed by atoms with Crippen LogP contribution < -0.4 is 0 Å². The Hall–Kier alpha value is -1.34. The van der Waals surface area contributed by atoms with Crippen LogP contribution in [0.2, 0.25) is 0 Å². The zero-order valence-electron chi connectivity index (χ0n) is 11.0. The third-order valence-electron chi connectivity index (χ3n) is 4.78. The summed E-state index contributed by atoms with van der Waals surface area (Å²) in [5.74, 6) is 0. The molecule has 2 fully saturated rings. The van der Waals surface area contributed by atoms with Crippen molar-refractivity contribution >= 4 is 9.84 Å². The van der Waals surface area contributed by atoms with E-state index in [0.717, 1.165) is 18.4 Å². The molecular weight excluding hydrogens is 258 g/mol. The molecule has 19 heavy (non-hydrogen) atoms. The number of benzene rings is 1. The third kappa shape index (κ3) is 1.64. The number of rotatable bonds is 2. The molecule has 0 amide bonds. The molecule has 2 saturated carbocycles. The Bertz CT molecular complexity index is 640. The SMILES string of the molecule is Cc1ccc(S(=O)(=O)C2(C#N)CC3(CCC3)C2)cc1. The average molecular weight is 275 g/mol. The second kappa shape index (κ2) is 3.83. The summed E-state index contributed by atoms with van der Waals surface area (Å²) >= 11 is 0. The first-order valence-corrected chi connectivity index (χ1v) is 8.14. The monoisotopic (exact) mass is 275 g/mol. The topological polar surface area (TPSA) is 57.9 Å². The van der Waals surface area contributed by atoms with Crippen molar-refractivity contribution in [1.82, 2.24) is 0 Å². The molecule has 2 aliphatic rings. The van der Waals surface area contributed by atoms with Gasteiger partial charge in [-0.3, -0.25) is 0 Å². The molecule has 0 saturated heterocycles. The molecule has 0 aromatic heterocycles. The van der Waals surface area contributed by atoms with Crippen molar-refractivity contribution in [2.75, 3.05) is 0 Å². The highest BCUT2D eigenvalue weighted by molar-refractivity contribution is 7.93. The van der Waals surface area contributed by atoms with Crippen LogP contribution in [-0.4, -0.2) is 13.2 Å². The zero-order valence-corrected chi connectivity index (χ0v) is 11.8. The zero-order chi connectivity index (χ0) is 13.7. The molecule has 0 aliphatic heterocycles. The Morgan fingerprint density at radius 3 is 2.16 bits per heavy atom. The lowest BCUT2D eigenvalue weighted by molar-refractivity contribution is 0.0115. The summed E-state index contributed by atoms with van der Waals surface area (Å²) in [6.07, 6.45) is 4.38. The van der Waals surface area contributed by atoms with Crippen LogP contribution >= 0.6 is 0 Å². The van der Waals surface area contributed by atoms with E-state index in [1.165, 1.54) is 6.42 Å². The third-order valence-corrected chi connectivity index (χ3v) is 7.09. The van der Waals surface area contributed by atoms with Crippen LogP contribution in [0.3, 0.4) is 0 Å². The molecule has 100 valence electrons. The van der Waals surface area contributed by atoms with Crippen molar-refractivity contribution in [1.29, 1.82) is 5.26 Å². The summed E-state index contributed by atoms with van der Waals surface area (Å²) in [4.78, 5) is 0.286. The summed E-state index contributed by atoms with van der Waals surface area (Å²) in [7, 11) is -3.54. The van der Waals surface area contributed by atoms with Gasteiger partial charge in [0.1, 0.15) is 0 Å². The summed E-state index contributed by atoms with van der Waals surface area (Å²) in [6.45, 7) is 1.92. The Morgan fingerprint density at radius 2 is 1.74 bits per heavy atom. The van der Waals surface area contributed by atoms with Gasteiger partial charge in [0, 0.05) is 0 Å². The van der Waals surface area contributed by atoms with Gasteiger partial charge in [-0.2, -0.15) is 5.26 Å². The maximum absolute atomic E-state index is 12.7. The first-order chi connectivity index (χ1) is 8.93. The van der Waals surface area contributed by atoms with Crippen molar-refractivity contribution in [3.63, 3.8) is 0 Å². The van der Waals surface area contributed by atoms with Gasteiger partial charge in [-0.25, -0.2) is 8.42 Å². The molecule has 0 unspecified atom stereocenters. The minimum Gasteiger partial charge on any atom is -0.222 e. The first-order valence-electron chi connectivity index (χ1n) is 6.66. The molecule has 3 nitrogen and oxygen atoms in total. The molecule has 0 heterocycles. The van der Waals surface area contributed by atoms with Gasteiger partial charge in [0.15, 0.2) is 14.6 Å². The first kappa shape index (κ1) is 12.7. The molecule has 4 heteroatoms. The van der Waals surface area contributed by atoms with E-state index >= 15 is 0 Å². The molecule has 0 atom stereocenters. The Morgan fingerprint density at radius 1 is 1.16 bits per heavy atom. The van der Waals surface area contributed by atoms with E-state index in [9.17, 15) is 13.7 Å². The van der Waals surface area contributed by atoms with Crippen molar-refractivity contribution < 1.29 is 8.42 Å². The Balaban J connectivity index is 1.96. The van der Waals surface area contributed by atoms with E-state index < -0.39 is 14.6 Å². The lowest BCUT2D eigenvalue weighted by atomic mass is 9.52. The van der Waals surface area contributed by atoms with E-state index in [-0.39, 0.29) is 10.3 Å². The second-order valence-electron chi connectivity index (χ2n) is 6.13. The van der Waals surface area contributed by atoms with Crippen LogP contribution in [0.5, 0.6) is 0 Å². The lowest BCUT2D eigenvalue weighted by Gasteiger charge is -2.57. The van der Waals surface area contributed by atoms with Crippen molar-refractivity contribution in [2.24, 2.45) is 5.41 Å². The molecule has 0 radical (unpaired) electrons. The maximum Gasteiger partial charge on any atom is 0.197 e. The molecule has 1 aromatic rings. The van der Waals surface area contributed by atoms with Gasteiger partial charge in [0.25, 0.3) is 0 Å². The van der Waals surface area contributed by atoms with Crippen LogP contribution in [0.1, 0.15) is 37.7 Å². The minimum atomic E-state index is -3.54. The standard InChI is InChI=1S/C15H17NO2S/c1-12-3-5-13(6-4-12)19(17,18)15(11-16)9-14(10-15)7-2-8-14/h3-6H,2,7-10H2,1H3. The fourth-order valence-electron chi connectivity index (χ4n) is 3.46. The number of hydrogen-bond acceptors (Lipinski definition) is 3. The quantitative estimate of drug-likeness (QED) is 0.833. The number of sulfone groups is 1. The van der Waals surface area contributed by atoms with E-state index in [0.29, 0.717) is 12.8 Å².